The minimum atomic E-state index is 0.355. The van der Waals surface area contributed by atoms with Crippen molar-refractivity contribution in [2.75, 3.05) is 27.2 Å². The number of rotatable bonds is 4. The zero-order valence-corrected chi connectivity index (χ0v) is 17.1. The minimum absolute atomic E-state index is 0.355. The Morgan fingerprint density at radius 3 is 2.93 bits per heavy atom. The van der Waals surface area contributed by atoms with E-state index in [9.17, 15) is 0 Å². The van der Waals surface area contributed by atoms with Crippen molar-refractivity contribution in [2.24, 2.45) is 10.9 Å². The van der Waals surface area contributed by atoms with Crippen LogP contribution in [0.1, 0.15) is 43.7 Å². The number of fused-ring (bicyclic) bond motifs is 2. The smallest absolute Gasteiger partial charge is 0.191 e. The Hall–Kier alpha value is -1.30. The number of hydrogen-bond donors (Lipinski definition) is 2. The van der Waals surface area contributed by atoms with Gasteiger partial charge in [0, 0.05) is 24.7 Å². The summed E-state index contributed by atoms with van der Waals surface area (Å²) in [4.78, 5) is 6.91. The Balaban J connectivity index is 1.39. The Morgan fingerprint density at radius 2 is 2.22 bits per heavy atom. The van der Waals surface area contributed by atoms with Crippen molar-refractivity contribution in [2.45, 2.75) is 56.4 Å². The van der Waals surface area contributed by atoms with Crippen LogP contribution in [0.3, 0.4) is 0 Å². The molecule has 5 atom stereocenters. The van der Waals surface area contributed by atoms with E-state index in [1.165, 1.54) is 31.2 Å². The summed E-state index contributed by atoms with van der Waals surface area (Å²) in [5.41, 5.74) is 1.31. The summed E-state index contributed by atoms with van der Waals surface area (Å²) in [5, 5.41) is 7.99. The third kappa shape index (κ3) is 4.25. The third-order valence-corrected chi connectivity index (χ3v) is 6.62. The average molecular weight is 391 g/mol. The normalized spacial score (nSPS) is 34.0. The molecule has 148 valence electrons. The van der Waals surface area contributed by atoms with Gasteiger partial charge in [-0.25, -0.2) is 0 Å². The lowest BCUT2D eigenvalue weighted by Crippen LogP contribution is -2.50. The SMILES string of the molecule is CN=C(NCC1CCCN(C)C1c1cccc(Cl)c1)NC1CC2CCC1O2. The van der Waals surface area contributed by atoms with Gasteiger partial charge in [0.25, 0.3) is 0 Å². The van der Waals surface area contributed by atoms with Gasteiger partial charge >= 0.3 is 0 Å². The van der Waals surface area contributed by atoms with Gasteiger partial charge in [0.05, 0.1) is 18.2 Å². The molecule has 0 saturated carbocycles. The number of nitrogens with zero attached hydrogens (tertiary/aromatic N) is 2. The summed E-state index contributed by atoms with van der Waals surface area (Å²) >= 11 is 6.26. The molecule has 0 aliphatic carbocycles. The predicted molar refractivity (Wildman–Crippen MR) is 110 cm³/mol. The Morgan fingerprint density at radius 1 is 1.33 bits per heavy atom. The summed E-state index contributed by atoms with van der Waals surface area (Å²) in [7, 11) is 4.07. The fourth-order valence-electron chi connectivity index (χ4n) is 5.08. The van der Waals surface area contributed by atoms with Crippen LogP contribution in [0.2, 0.25) is 5.02 Å². The molecule has 5 unspecified atom stereocenters. The second-order valence-electron chi connectivity index (χ2n) is 8.20. The highest BCUT2D eigenvalue weighted by Gasteiger charge is 2.41. The van der Waals surface area contributed by atoms with Crippen LogP contribution in [0.5, 0.6) is 0 Å². The highest BCUT2D eigenvalue weighted by atomic mass is 35.5. The van der Waals surface area contributed by atoms with Gasteiger partial charge in [-0.2, -0.15) is 0 Å². The molecule has 0 radical (unpaired) electrons. The Bertz CT molecular complexity index is 682. The van der Waals surface area contributed by atoms with Crippen LogP contribution >= 0.6 is 11.6 Å². The number of aliphatic imine (C=N–C) groups is 1. The molecule has 3 aliphatic heterocycles. The van der Waals surface area contributed by atoms with Crippen molar-refractivity contribution in [3.05, 3.63) is 34.9 Å². The fraction of sp³-hybridized carbons (Fsp3) is 0.667. The number of halogens is 1. The average Bonchev–Trinajstić information content (AvgIpc) is 3.28. The maximum absolute atomic E-state index is 6.26. The minimum Gasteiger partial charge on any atom is -0.373 e. The molecular weight excluding hydrogens is 360 g/mol. The van der Waals surface area contributed by atoms with Crippen molar-refractivity contribution in [3.8, 4) is 0 Å². The number of likely N-dealkylation sites (tertiary alicyclic amines) is 1. The molecule has 5 nitrogen and oxygen atoms in total. The summed E-state index contributed by atoms with van der Waals surface area (Å²) in [6.07, 6.45) is 6.73. The van der Waals surface area contributed by atoms with Gasteiger partial charge in [-0.05, 0) is 69.3 Å². The van der Waals surface area contributed by atoms with Crippen molar-refractivity contribution in [1.82, 2.24) is 15.5 Å². The van der Waals surface area contributed by atoms with E-state index in [-0.39, 0.29) is 0 Å². The van der Waals surface area contributed by atoms with Crippen LogP contribution in [0.4, 0.5) is 0 Å². The maximum Gasteiger partial charge on any atom is 0.191 e. The molecule has 3 saturated heterocycles. The van der Waals surface area contributed by atoms with Crippen LogP contribution < -0.4 is 10.6 Å². The van der Waals surface area contributed by atoms with E-state index in [2.05, 4.69) is 45.8 Å². The van der Waals surface area contributed by atoms with Crippen molar-refractivity contribution in [1.29, 1.82) is 0 Å². The van der Waals surface area contributed by atoms with Crippen LogP contribution in [0, 0.1) is 5.92 Å². The summed E-state index contributed by atoms with van der Waals surface area (Å²) in [5.74, 6) is 1.42. The van der Waals surface area contributed by atoms with Gasteiger partial charge in [-0.15, -0.1) is 0 Å². The van der Waals surface area contributed by atoms with E-state index in [1.54, 1.807) is 0 Å². The standard InChI is InChI=1S/C21H31ClN4O/c1-23-21(25-18-12-17-8-9-19(18)27-17)24-13-15-6-4-10-26(2)20(15)14-5-3-7-16(22)11-14/h3,5,7,11,15,17-20H,4,6,8-10,12-13H2,1-2H3,(H2,23,24,25). The van der Waals surface area contributed by atoms with Crippen LogP contribution in [0.15, 0.2) is 29.3 Å². The maximum atomic E-state index is 6.26. The number of ether oxygens (including phenoxy) is 1. The van der Waals surface area contributed by atoms with Crippen LogP contribution in [0.25, 0.3) is 0 Å². The zero-order chi connectivity index (χ0) is 18.8. The molecule has 2 N–H and O–H groups in total. The van der Waals surface area contributed by atoms with Gasteiger partial charge in [-0.3, -0.25) is 9.89 Å². The van der Waals surface area contributed by atoms with Crippen molar-refractivity contribution in [3.63, 3.8) is 0 Å². The molecule has 3 fully saturated rings. The molecule has 2 bridgehead atoms. The number of hydrogen-bond acceptors (Lipinski definition) is 3. The first-order chi connectivity index (χ1) is 13.1. The lowest BCUT2D eigenvalue weighted by atomic mass is 9.85. The lowest BCUT2D eigenvalue weighted by molar-refractivity contribution is 0.0991. The largest absolute Gasteiger partial charge is 0.373 e. The van der Waals surface area contributed by atoms with Crippen LogP contribution in [-0.2, 0) is 4.74 Å². The van der Waals surface area contributed by atoms with E-state index in [4.69, 9.17) is 16.3 Å². The summed E-state index contributed by atoms with van der Waals surface area (Å²) in [6, 6.07) is 9.09. The molecule has 1 aromatic rings. The summed E-state index contributed by atoms with van der Waals surface area (Å²) in [6.45, 7) is 2.03. The predicted octanol–water partition coefficient (Wildman–Crippen LogP) is 3.21. The molecule has 0 spiro atoms. The molecule has 4 rings (SSSR count). The monoisotopic (exact) mass is 390 g/mol. The van der Waals surface area contributed by atoms with Crippen molar-refractivity contribution < 1.29 is 4.74 Å². The topological polar surface area (TPSA) is 48.9 Å². The number of guanidine groups is 1. The zero-order valence-electron chi connectivity index (χ0n) is 16.3. The van der Waals surface area contributed by atoms with Crippen molar-refractivity contribution >= 4 is 17.6 Å². The Kier molecular flexibility index (Phi) is 5.90. The molecule has 3 heterocycles. The second-order valence-corrected chi connectivity index (χ2v) is 8.63. The fourth-order valence-corrected chi connectivity index (χ4v) is 5.28. The quantitative estimate of drug-likeness (QED) is 0.612. The van der Waals surface area contributed by atoms with Gasteiger partial charge in [0.2, 0.25) is 0 Å². The molecule has 3 aliphatic rings. The van der Waals surface area contributed by atoms with E-state index in [0.717, 1.165) is 30.5 Å². The first-order valence-corrected chi connectivity index (χ1v) is 10.6. The van der Waals surface area contributed by atoms with E-state index in [1.807, 2.05) is 13.1 Å². The van der Waals surface area contributed by atoms with Gasteiger partial charge < -0.3 is 15.4 Å². The molecule has 0 amide bonds. The summed E-state index contributed by atoms with van der Waals surface area (Å²) < 4.78 is 5.96. The third-order valence-electron chi connectivity index (χ3n) is 6.38. The van der Waals surface area contributed by atoms with E-state index >= 15 is 0 Å². The molecule has 6 heteroatoms. The number of benzene rings is 1. The lowest BCUT2D eigenvalue weighted by Gasteiger charge is -2.40. The first-order valence-electron chi connectivity index (χ1n) is 10.2. The number of nitrogens with one attached hydrogen (secondary N) is 2. The molecule has 27 heavy (non-hydrogen) atoms. The van der Waals surface area contributed by atoms with Gasteiger partial charge in [0.1, 0.15) is 0 Å². The first kappa shape index (κ1) is 19.0. The number of piperidine rings is 1. The van der Waals surface area contributed by atoms with Crippen LogP contribution in [-0.4, -0.2) is 56.3 Å². The molecular formula is C21H31ClN4O. The van der Waals surface area contributed by atoms with E-state index < -0.39 is 0 Å². The molecule has 0 aromatic heterocycles. The molecule has 1 aromatic carbocycles. The highest BCUT2D eigenvalue weighted by Crippen LogP contribution is 2.36. The Labute approximate surface area is 167 Å². The van der Waals surface area contributed by atoms with E-state index in [0.29, 0.717) is 30.2 Å². The second kappa shape index (κ2) is 8.38. The van der Waals surface area contributed by atoms with Gasteiger partial charge in [0.15, 0.2) is 5.96 Å². The van der Waals surface area contributed by atoms with Gasteiger partial charge in [-0.1, -0.05) is 23.7 Å². The highest BCUT2D eigenvalue weighted by molar-refractivity contribution is 6.30.